The highest BCUT2D eigenvalue weighted by atomic mass is 35.5. The highest BCUT2D eigenvalue weighted by Crippen LogP contribution is 2.44. The molecule has 192 valence electrons. The van der Waals surface area contributed by atoms with Crippen molar-refractivity contribution in [3.63, 3.8) is 0 Å². The van der Waals surface area contributed by atoms with Gasteiger partial charge < -0.3 is 15.0 Å². The molecular formula is C24H20BClF2N8O2. The lowest BCUT2D eigenvalue weighted by Gasteiger charge is -2.33. The van der Waals surface area contributed by atoms with Gasteiger partial charge in [-0.05, 0) is 53.5 Å². The molecule has 14 heteroatoms. The molecule has 2 aliphatic heterocycles. The summed E-state index contributed by atoms with van der Waals surface area (Å²) in [6.07, 6.45) is 5.89. The summed E-state index contributed by atoms with van der Waals surface area (Å²) >= 11 is 6.10. The van der Waals surface area contributed by atoms with Crippen LogP contribution in [0.1, 0.15) is 42.4 Å². The number of carbonyl (C=O) groups is 1. The molecule has 0 saturated carbocycles. The van der Waals surface area contributed by atoms with Gasteiger partial charge in [-0.3, -0.25) is 9.78 Å². The molecule has 10 nitrogen and oxygen atoms in total. The van der Waals surface area contributed by atoms with Crippen LogP contribution in [-0.2, 0) is 11.4 Å². The molecule has 5 heterocycles. The second-order valence-electron chi connectivity index (χ2n) is 9.24. The van der Waals surface area contributed by atoms with Crippen molar-refractivity contribution >= 4 is 36.5 Å². The van der Waals surface area contributed by atoms with Crippen molar-refractivity contribution in [3.05, 3.63) is 70.5 Å². The summed E-state index contributed by atoms with van der Waals surface area (Å²) in [5, 5.41) is 20.4. The van der Waals surface area contributed by atoms with Gasteiger partial charge >= 0.3 is 0 Å². The summed E-state index contributed by atoms with van der Waals surface area (Å²) in [6.45, 7) is -0.524. The monoisotopic (exact) mass is 536 g/mol. The molecule has 2 N–H and O–H groups in total. The third-order valence-corrected chi connectivity index (χ3v) is 7.39. The molecule has 38 heavy (non-hydrogen) atoms. The number of hydrogen-bond acceptors (Lipinski definition) is 7. The number of tetrazole rings is 1. The lowest BCUT2D eigenvalue weighted by Crippen LogP contribution is -2.39. The number of halogens is 3. The molecule has 4 aromatic rings. The molecule has 2 atom stereocenters. The zero-order valence-corrected chi connectivity index (χ0v) is 20.8. The van der Waals surface area contributed by atoms with Gasteiger partial charge in [0.25, 0.3) is 0 Å². The first-order valence-electron chi connectivity index (χ1n) is 11.9. The van der Waals surface area contributed by atoms with Gasteiger partial charge in [-0.25, -0.2) is 13.8 Å². The van der Waals surface area contributed by atoms with Crippen LogP contribution >= 0.6 is 11.6 Å². The van der Waals surface area contributed by atoms with Crippen LogP contribution in [0.25, 0.3) is 22.5 Å². The number of pyridine rings is 1. The van der Waals surface area contributed by atoms with E-state index in [-0.39, 0.29) is 39.8 Å². The van der Waals surface area contributed by atoms with Gasteiger partial charge in [-0.1, -0.05) is 11.6 Å². The third kappa shape index (κ3) is 3.89. The summed E-state index contributed by atoms with van der Waals surface area (Å²) < 4.78 is 31.5. The number of amides is 1. The molecule has 3 aromatic heterocycles. The van der Waals surface area contributed by atoms with Gasteiger partial charge in [0.15, 0.2) is 19.5 Å². The maximum absolute atomic E-state index is 15.3. The standard InChI is InChI=1S/C24H20BClF2N8O2/c25-23-22(13-5-6-29-15(9-37)20(13)27)31-24(32-23)17-3-1-12-7-11(8-18(38)36(12)17)19-16(35-10-30-33-34-35)4-2-14(26)21(19)28/h2,4-6,8,10,12,17,37H,1,3,7,9,25H2,(H,31,32)/t12-,17+/m1/s1. The second kappa shape index (κ2) is 9.41. The van der Waals surface area contributed by atoms with Crippen molar-refractivity contribution in [2.24, 2.45) is 0 Å². The predicted octanol–water partition coefficient (Wildman–Crippen LogP) is 1.65. The molecule has 0 bridgehead atoms. The van der Waals surface area contributed by atoms with E-state index < -0.39 is 18.2 Å². The molecule has 0 spiro atoms. The predicted molar refractivity (Wildman–Crippen MR) is 135 cm³/mol. The Balaban J connectivity index is 1.35. The number of nitrogens with zero attached hydrogens (tertiary/aromatic N) is 7. The molecule has 0 unspecified atom stereocenters. The molecular weight excluding hydrogens is 517 g/mol. The Morgan fingerprint density at radius 3 is 2.82 bits per heavy atom. The lowest BCUT2D eigenvalue weighted by molar-refractivity contribution is -0.129. The topological polar surface area (TPSA) is 126 Å². The van der Waals surface area contributed by atoms with Gasteiger partial charge in [0.1, 0.15) is 17.8 Å². The second-order valence-corrected chi connectivity index (χ2v) is 9.64. The van der Waals surface area contributed by atoms with Crippen LogP contribution in [0.15, 0.2) is 36.8 Å². The van der Waals surface area contributed by atoms with Crippen molar-refractivity contribution in [3.8, 4) is 16.9 Å². The molecule has 1 aromatic carbocycles. The van der Waals surface area contributed by atoms with Gasteiger partial charge in [0.2, 0.25) is 5.91 Å². The van der Waals surface area contributed by atoms with E-state index in [0.717, 1.165) is 0 Å². The smallest absolute Gasteiger partial charge is 0.247 e. The fourth-order valence-corrected chi connectivity index (χ4v) is 5.56. The van der Waals surface area contributed by atoms with E-state index in [9.17, 15) is 14.3 Å². The van der Waals surface area contributed by atoms with E-state index in [2.05, 4.69) is 30.5 Å². The van der Waals surface area contributed by atoms with Crippen molar-refractivity contribution in [1.29, 1.82) is 0 Å². The largest absolute Gasteiger partial charge is 0.390 e. The van der Waals surface area contributed by atoms with Gasteiger partial charge in [0, 0.05) is 35.0 Å². The van der Waals surface area contributed by atoms with E-state index in [1.54, 1.807) is 18.8 Å². The number of aliphatic hydroxyl groups is 1. The maximum Gasteiger partial charge on any atom is 0.247 e. The van der Waals surface area contributed by atoms with Gasteiger partial charge in [-0.15, -0.1) is 5.10 Å². The Bertz CT molecular complexity index is 1590. The highest BCUT2D eigenvalue weighted by Gasteiger charge is 2.42. The van der Waals surface area contributed by atoms with Crippen LogP contribution in [-0.4, -0.2) is 65.0 Å². The van der Waals surface area contributed by atoms with Crippen LogP contribution in [0.4, 0.5) is 8.78 Å². The first-order chi connectivity index (χ1) is 18.4. The fraction of sp³-hybridized carbons (Fsp3) is 0.250. The van der Waals surface area contributed by atoms with E-state index in [0.29, 0.717) is 47.6 Å². The van der Waals surface area contributed by atoms with E-state index in [1.807, 2.05) is 0 Å². The van der Waals surface area contributed by atoms with Gasteiger partial charge in [0.05, 0.1) is 29.1 Å². The molecule has 1 amide bonds. The number of hydrogen-bond donors (Lipinski definition) is 2. The number of fused-ring (bicyclic) bond motifs is 1. The zero-order chi connectivity index (χ0) is 26.6. The van der Waals surface area contributed by atoms with E-state index >= 15 is 4.39 Å². The quantitative estimate of drug-likeness (QED) is 0.372. The molecule has 6 rings (SSSR count). The maximum atomic E-state index is 15.3. The van der Waals surface area contributed by atoms with Crippen molar-refractivity contribution in [2.45, 2.75) is 38.0 Å². The molecule has 2 aliphatic rings. The summed E-state index contributed by atoms with van der Waals surface area (Å²) in [4.78, 5) is 26.9. The summed E-state index contributed by atoms with van der Waals surface area (Å²) in [7, 11) is 1.75. The first kappa shape index (κ1) is 24.4. The highest BCUT2D eigenvalue weighted by molar-refractivity contribution is 6.34. The minimum atomic E-state index is -0.644. The van der Waals surface area contributed by atoms with E-state index in [4.69, 9.17) is 11.6 Å². The number of imidazole rings is 1. The zero-order valence-electron chi connectivity index (χ0n) is 20.1. The average molecular weight is 537 g/mol. The average Bonchev–Trinajstić information content (AvgIpc) is 3.66. The summed E-state index contributed by atoms with van der Waals surface area (Å²) in [5.74, 6) is -1.01. The Labute approximate surface area is 220 Å². The third-order valence-electron chi connectivity index (χ3n) is 7.10. The molecule has 0 aliphatic carbocycles. The Hall–Kier alpha value is -3.97. The summed E-state index contributed by atoms with van der Waals surface area (Å²) in [6, 6.07) is 3.99. The molecule has 0 radical (unpaired) electrons. The normalized spacial score (nSPS) is 19.1. The minimum Gasteiger partial charge on any atom is -0.390 e. The van der Waals surface area contributed by atoms with Crippen LogP contribution in [0.3, 0.4) is 0 Å². The number of aromatic nitrogens is 7. The van der Waals surface area contributed by atoms with E-state index in [1.165, 1.54) is 35.4 Å². The van der Waals surface area contributed by atoms with Crippen LogP contribution in [0, 0.1) is 11.6 Å². The van der Waals surface area contributed by atoms with Crippen molar-refractivity contribution < 1.29 is 18.7 Å². The Morgan fingerprint density at radius 1 is 1.21 bits per heavy atom. The van der Waals surface area contributed by atoms with Crippen LogP contribution in [0.5, 0.6) is 0 Å². The van der Waals surface area contributed by atoms with Gasteiger partial charge in [-0.2, -0.15) is 4.68 Å². The van der Waals surface area contributed by atoms with Crippen LogP contribution < -0.4 is 5.59 Å². The Kier molecular flexibility index (Phi) is 6.03. The summed E-state index contributed by atoms with van der Waals surface area (Å²) in [5.41, 5.74) is 2.29. The number of H-pyrrole nitrogens is 1. The lowest BCUT2D eigenvalue weighted by atomic mass is 9.92. The number of rotatable bonds is 5. The number of benzene rings is 1. The number of aromatic amines is 1. The molecule has 1 saturated heterocycles. The van der Waals surface area contributed by atoms with Crippen molar-refractivity contribution in [1.82, 2.24) is 40.1 Å². The number of nitrogens with one attached hydrogen (secondary N) is 1. The number of carbonyl (C=O) groups excluding carboxylic acids is 1. The van der Waals surface area contributed by atoms with Crippen molar-refractivity contribution in [2.75, 3.05) is 0 Å². The molecule has 1 fully saturated rings. The Morgan fingerprint density at radius 2 is 2.05 bits per heavy atom. The fourth-order valence-electron chi connectivity index (χ4n) is 5.40. The minimum absolute atomic E-state index is 0.0582. The SMILES string of the molecule is Bc1nc([C@@H]2CC[C@@H]3CC(c4c(-n5cnnn5)ccc(Cl)c4F)=CC(=O)N32)[nH]c1-c1ccnc(CO)c1F. The first-order valence-corrected chi connectivity index (χ1v) is 12.3. The number of aliphatic hydroxyl groups excluding tert-OH is 1. The van der Waals surface area contributed by atoms with Crippen LogP contribution in [0.2, 0.25) is 5.02 Å².